The van der Waals surface area contributed by atoms with Crippen LogP contribution in [0.1, 0.15) is 24.0 Å². The molecule has 2 aromatic rings. The van der Waals surface area contributed by atoms with E-state index in [9.17, 15) is 18.4 Å². The molecular weight excluding hydrogens is 398 g/mol. The predicted octanol–water partition coefficient (Wildman–Crippen LogP) is 3.08. The maximum absolute atomic E-state index is 13.4. The van der Waals surface area contributed by atoms with Crippen LogP contribution in [0.3, 0.4) is 0 Å². The van der Waals surface area contributed by atoms with Crippen molar-refractivity contribution in [1.82, 2.24) is 10.9 Å². The summed E-state index contributed by atoms with van der Waals surface area (Å²) in [5, 5.41) is 7.43. The maximum atomic E-state index is 13.4. The second-order valence-corrected chi connectivity index (χ2v) is 6.97. The first-order chi connectivity index (χ1) is 14.1. The van der Waals surface area contributed by atoms with Crippen molar-refractivity contribution in [3.8, 4) is 0 Å². The minimum absolute atomic E-state index is 0.215. The number of benzene rings is 2. The fraction of sp³-hybridized carbons (Fsp3) is 0.200. The lowest BCUT2D eigenvalue weighted by atomic mass is 10.2. The molecule has 0 unspecified atom stereocenters. The second-order valence-electron chi connectivity index (χ2n) is 5.74. The number of hydrazone groups is 2. The molecule has 0 radical (unpaired) electrons. The van der Waals surface area contributed by atoms with Crippen molar-refractivity contribution in [2.24, 2.45) is 10.2 Å². The molecule has 0 saturated heterocycles. The number of halogens is 2. The van der Waals surface area contributed by atoms with Gasteiger partial charge in [0.25, 0.3) is 0 Å². The summed E-state index contributed by atoms with van der Waals surface area (Å²) in [6, 6.07) is 12.2. The summed E-state index contributed by atoms with van der Waals surface area (Å²) in [7, 11) is 0. The third-order valence-corrected chi connectivity index (χ3v) is 4.53. The molecule has 152 valence electrons. The molecule has 0 bridgehead atoms. The molecule has 0 aliphatic carbocycles. The average molecular weight is 418 g/mol. The summed E-state index contributed by atoms with van der Waals surface area (Å²) in [6.45, 7) is 0. The van der Waals surface area contributed by atoms with Crippen LogP contribution in [0.4, 0.5) is 8.78 Å². The first kappa shape index (κ1) is 22.2. The van der Waals surface area contributed by atoms with E-state index in [4.69, 9.17) is 0 Å². The molecule has 2 amide bonds. The minimum atomic E-state index is -0.419. The minimum Gasteiger partial charge on any atom is -0.273 e. The first-order valence-corrected chi connectivity index (χ1v) is 9.92. The van der Waals surface area contributed by atoms with Gasteiger partial charge in [0.05, 0.1) is 12.4 Å². The first-order valence-electron chi connectivity index (χ1n) is 8.77. The van der Waals surface area contributed by atoms with Crippen LogP contribution in [0.25, 0.3) is 0 Å². The second kappa shape index (κ2) is 12.4. The Morgan fingerprint density at radius 1 is 0.793 bits per heavy atom. The third-order valence-electron chi connectivity index (χ3n) is 3.54. The molecule has 0 heterocycles. The van der Waals surface area contributed by atoms with Gasteiger partial charge in [0.2, 0.25) is 11.8 Å². The van der Waals surface area contributed by atoms with Gasteiger partial charge in [-0.1, -0.05) is 36.4 Å². The Kier molecular flexibility index (Phi) is 9.50. The zero-order valence-electron chi connectivity index (χ0n) is 15.5. The molecule has 2 aromatic carbocycles. The van der Waals surface area contributed by atoms with Crippen LogP contribution in [0.15, 0.2) is 58.7 Å². The van der Waals surface area contributed by atoms with Crippen LogP contribution in [-0.2, 0) is 9.59 Å². The zero-order valence-corrected chi connectivity index (χ0v) is 16.3. The Morgan fingerprint density at radius 3 is 1.62 bits per heavy atom. The van der Waals surface area contributed by atoms with Crippen LogP contribution < -0.4 is 10.9 Å². The molecule has 9 heteroatoms. The van der Waals surface area contributed by atoms with E-state index in [0.29, 0.717) is 11.5 Å². The summed E-state index contributed by atoms with van der Waals surface area (Å²) in [5.41, 5.74) is 5.22. The Hall–Kier alpha value is -3.07. The van der Waals surface area contributed by atoms with E-state index in [1.807, 2.05) is 0 Å². The Labute approximate surface area is 171 Å². The normalized spacial score (nSPS) is 11.1. The van der Waals surface area contributed by atoms with Gasteiger partial charge in [-0.25, -0.2) is 19.6 Å². The average Bonchev–Trinajstić information content (AvgIpc) is 2.70. The summed E-state index contributed by atoms with van der Waals surface area (Å²) in [5.74, 6) is -0.428. The van der Waals surface area contributed by atoms with Gasteiger partial charge in [0, 0.05) is 35.5 Å². The lowest BCUT2D eigenvalue weighted by Crippen LogP contribution is -2.19. The highest BCUT2D eigenvalue weighted by molar-refractivity contribution is 7.99. The molecular formula is C20H20F2N4O2S. The standard InChI is InChI=1S/C20H20F2N4O2S/c21-17-7-3-1-5-15(17)13-23-25-19(27)9-11-29-12-10-20(28)26-24-14-16-6-2-4-8-18(16)22/h1-8,13-14H,9-12H2,(H,25,27)(H,26,28)/b23-13-,24-14-. The van der Waals surface area contributed by atoms with Gasteiger partial charge in [-0.2, -0.15) is 22.0 Å². The number of carbonyl (C=O) groups is 2. The highest BCUT2D eigenvalue weighted by Crippen LogP contribution is 2.06. The van der Waals surface area contributed by atoms with E-state index in [1.165, 1.54) is 36.3 Å². The molecule has 0 aliphatic rings. The number of carbonyl (C=O) groups excluding carboxylic acids is 2. The van der Waals surface area contributed by atoms with E-state index < -0.39 is 11.6 Å². The lowest BCUT2D eigenvalue weighted by molar-refractivity contribution is -0.121. The molecule has 0 spiro atoms. The SMILES string of the molecule is O=C(CCSCCC(=O)N/N=C\c1ccccc1F)N/N=C\c1ccccc1F. The van der Waals surface area contributed by atoms with E-state index in [1.54, 1.807) is 36.4 Å². The molecule has 0 aliphatic heterocycles. The fourth-order valence-electron chi connectivity index (χ4n) is 2.05. The monoisotopic (exact) mass is 418 g/mol. The van der Waals surface area contributed by atoms with Gasteiger partial charge in [-0.15, -0.1) is 0 Å². The molecule has 0 aromatic heterocycles. The van der Waals surface area contributed by atoms with Gasteiger partial charge in [0.15, 0.2) is 0 Å². The van der Waals surface area contributed by atoms with E-state index in [0.717, 1.165) is 0 Å². The van der Waals surface area contributed by atoms with E-state index in [2.05, 4.69) is 21.1 Å². The number of hydrogen-bond acceptors (Lipinski definition) is 5. The lowest BCUT2D eigenvalue weighted by Gasteiger charge is -2.02. The fourth-order valence-corrected chi connectivity index (χ4v) is 2.91. The molecule has 29 heavy (non-hydrogen) atoms. The quantitative estimate of drug-likeness (QED) is 0.353. The number of nitrogens with one attached hydrogen (secondary N) is 2. The van der Waals surface area contributed by atoms with Crippen molar-refractivity contribution in [2.75, 3.05) is 11.5 Å². The van der Waals surface area contributed by atoms with Crippen LogP contribution in [0, 0.1) is 11.6 Å². The van der Waals surface area contributed by atoms with Crippen LogP contribution >= 0.6 is 11.8 Å². The zero-order chi connectivity index (χ0) is 20.9. The van der Waals surface area contributed by atoms with Crippen molar-refractivity contribution in [3.05, 3.63) is 71.3 Å². The highest BCUT2D eigenvalue weighted by Gasteiger charge is 2.03. The largest absolute Gasteiger partial charge is 0.273 e. The molecule has 0 atom stereocenters. The van der Waals surface area contributed by atoms with Gasteiger partial charge in [0.1, 0.15) is 11.6 Å². The van der Waals surface area contributed by atoms with Gasteiger partial charge >= 0.3 is 0 Å². The molecule has 2 N–H and O–H groups in total. The summed E-state index contributed by atoms with van der Waals surface area (Å²) in [6.07, 6.45) is 2.91. The van der Waals surface area contributed by atoms with Crippen LogP contribution in [0.5, 0.6) is 0 Å². The Balaban J connectivity index is 1.56. The van der Waals surface area contributed by atoms with Crippen molar-refractivity contribution in [2.45, 2.75) is 12.8 Å². The Bertz CT molecular complexity index is 819. The van der Waals surface area contributed by atoms with Gasteiger partial charge in [-0.3, -0.25) is 9.59 Å². The summed E-state index contributed by atoms with van der Waals surface area (Å²) in [4.78, 5) is 23.3. The van der Waals surface area contributed by atoms with Crippen molar-refractivity contribution >= 4 is 36.0 Å². The molecule has 0 fully saturated rings. The number of rotatable bonds is 10. The van der Waals surface area contributed by atoms with Gasteiger partial charge in [-0.05, 0) is 12.1 Å². The number of hydrogen-bond donors (Lipinski definition) is 2. The highest BCUT2D eigenvalue weighted by atomic mass is 32.2. The predicted molar refractivity (Wildman–Crippen MR) is 111 cm³/mol. The smallest absolute Gasteiger partial charge is 0.240 e. The number of nitrogens with zero attached hydrogens (tertiary/aromatic N) is 2. The van der Waals surface area contributed by atoms with Crippen molar-refractivity contribution < 1.29 is 18.4 Å². The Morgan fingerprint density at radius 2 is 1.21 bits per heavy atom. The van der Waals surface area contributed by atoms with Crippen molar-refractivity contribution in [3.63, 3.8) is 0 Å². The van der Waals surface area contributed by atoms with Crippen LogP contribution in [-0.4, -0.2) is 35.7 Å². The van der Waals surface area contributed by atoms with E-state index in [-0.39, 0.29) is 35.8 Å². The van der Waals surface area contributed by atoms with Crippen LogP contribution in [0.2, 0.25) is 0 Å². The summed E-state index contributed by atoms with van der Waals surface area (Å²) < 4.78 is 26.8. The molecule has 0 saturated carbocycles. The molecule has 6 nitrogen and oxygen atoms in total. The third kappa shape index (κ3) is 8.65. The molecule has 2 rings (SSSR count). The van der Waals surface area contributed by atoms with Gasteiger partial charge < -0.3 is 0 Å². The maximum Gasteiger partial charge on any atom is 0.240 e. The summed E-state index contributed by atoms with van der Waals surface area (Å²) >= 11 is 1.43. The van der Waals surface area contributed by atoms with E-state index >= 15 is 0 Å². The number of thioether (sulfide) groups is 1. The van der Waals surface area contributed by atoms with Crippen molar-refractivity contribution in [1.29, 1.82) is 0 Å². The topological polar surface area (TPSA) is 82.9 Å². The number of amides is 2.